The smallest absolute Gasteiger partial charge is 0.107 e. The van der Waals surface area contributed by atoms with Crippen LogP contribution in [0.4, 0.5) is 0 Å². The molecule has 0 saturated carbocycles. The van der Waals surface area contributed by atoms with Gasteiger partial charge in [-0.3, -0.25) is 4.90 Å². The van der Waals surface area contributed by atoms with Crippen molar-refractivity contribution >= 4 is 11.3 Å². The Labute approximate surface area is 133 Å². The molecule has 0 atom stereocenters. The maximum atomic E-state index is 4.74. The summed E-state index contributed by atoms with van der Waals surface area (Å²) in [5.74, 6) is 0. The molecule has 0 amide bonds. The van der Waals surface area contributed by atoms with Gasteiger partial charge in [0.2, 0.25) is 0 Å². The van der Waals surface area contributed by atoms with Crippen LogP contribution in [0.1, 0.15) is 51.7 Å². The van der Waals surface area contributed by atoms with Crippen LogP contribution in [0.5, 0.6) is 0 Å². The molecule has 2 rings (SSSR count). The van der Waals surface area contributed by atoms with Crippen LogP contribution in [0.2, 0.25) is 0 Å². The maximum absolute atomic E-state index is 4.74. The van der Waals surface area contributed by atoms with Gasteiger partial charge in [0, 0.05) is 37.6 Å². The SMILES string of the molecule is CC(C)NCc1nc(CN2CC=C(C(C)(C)C)CC2)cs1. The third-order valence-corrected chi connectivity index (χ3v) is 4.80. The van der Waals surface area contributed by atoms with Gasteiger partial charge in [0.15, 0.2) is 0 Å². The lowest BCUT2D eigenvalue weighted by atomic mass is 9.83. The van der Waals surface area contributed by atoms with Crippen LogP contribution in [0.15, 0.2) is 17.0 Å². The molecule has 118 valence electrons. The van der Waals surface area contributed by atoms with E-state index in [1.54, 1.807) is 16.9 Å². The summed E-state index contributed by atoms with van der Waals surface area (Å²) in [6.07, 6.45) is 3.60. The molecule has 0 saturated heterocycles. The minimum atomic E-state index is 0.322. The van der Waals surface area contributed by atoms with Gasteiger partial charge in [-0.15, -0.1) is 11.3 Å². The van der Waals surface area contributed by atoms with Crippen LogP contribution in [-0.4, -0.2) is 29.0 Å². The zero-order valence-corrected chi connectivity index (χ0v) is 14.9. The van der Waals surface area contributed by atoms with Crippen molar-refractivity contribution in [2.75, 3.05) is 13.1 Å². The van der Waals surface area contributed by atoms with Gasteiger partial charge in [-0.05, 0) is 11.8 Å². The second-order valence-corrected chi connectivity index (χ2v) is 8.18. The number of thiazole rings is 1. The lowest BCUT2D eigenvalue weighted by molar-refractivity contribution is 0.269. The molecule has 0 spiro atoms. The highest BCUT2D eigenvalue weighted by Crippen LogP contribution is 2.30. The van der Waals surface area contributed by atoms with Crippen LogP contribution in [0, 0.1) is 5.41 Å². The van der Waals surface area contributed by atoms with Crippen molar-refractivity contribution in [3.05, 3.63) is 27.7 Å². The molecule has 0 aliphatic carbocycles. The van der Waals surface area contributed by atoms with E-state index in [2.05, 4.69) is 56.3 Å². The van der Waals surface area contributed by atoms with Gasteiger partial charge in [0.25, 0.3) is 0 Å². The molecule has 0 fully saturated rings. The predicted octanol–water partition coefficient (Wildman–Crippen LogP) is 3.82. The fraction of sp³-hybridized carbons (Fsp3) is 0.706. The van der Waals surface area contributed by atoms with Crippen molar-refractivity contribution in [1.82, 2.24) is 15.2 Å². The molecule has 1 aromatic heterocycles. The van der Waals surface area contributed by atoms with E-state index < -0.39 is 0 Å². The van der Waals surface area contributed by atoms with E-state index in [1.165, 1.54) is 17.1 Å². The maximum Gasteiger partial charge on any atom is 0.107 e. The summed E-state index contributed by atoms with van der Waals surface area (Å²) >= 11 is 1.77. The molecule has 3 nitrogen and oxygen atoms in total. The molecule has 1 N–H and O–H groups in total. The van der Waals surface area contributed by atoms with Gasteiger partial charge in [0.05, 0.1) is 5.69 Å². The molecule has 0 bridgehead atoms. The summed E-state index contributed by atoms with van der Waals surface area (Å²) in [4.78, 5) is 7.23. The summed E-state index contributed by atoms with van der Waals surface area (Å²) in [5, 5.41) is 6.83. The van der Waals surface area contributed by atoms with Crippen molar-refractivity contribution in [3.63, 3.8) is 0 Å². The molecular formula is C17H29N3S. The third-order valence-electron chi connectivity index (χ3n) is 3.90. The highest BCUT2D eigenvalue weighted by atomic mass is 32.1. The van der Waals surface area contributed by atoms with Gasteiger partial charge >= 0.3 is 0 Å². The molecule has 1 aliphatic rings. The van der Waals surface area contributed by atoms with E-state index in [1.807, 2.05) is 0 Å². The van der Waals surface area contributed by atoms with Crippen molar-refractivity contribution in [1.29, 1.82) is 0 Å². The normalized spacial score (nSPS) is 17.3. The molecule has 21 heavy (non-hydrogen) atoms. The number of hydrogen-bond donors (Lipinski definition) is 1. The monoisotopic (exact) mass is 307 g/mol. The van der Waals surface area contributed by atoms with Gasteiger partial charge in [0.1, 0.15) is 5.01 Å². The van der Waals surface area contributed by atoms with E-state index in [4.69, 9.17) is 4.98 Å². The van der Waals surface area contributed by atoms with E-state index in [-0.39, 0.29) is 0 Å². The predicted molar refractivity (Wildman–Crippen MR) is 91.5 cm³/mol. The van der Waals surface area contributed by atoms with E-state index in [0.29, 0.717) is 11.5 Å². The van der Waals surface area contributed by atoms with Gasteiger partial charge < -0.3 is 5.32 Å². The zero-order chi connectivity index (χ0) is 15.5. The van der Waals surface area contributed by atoms with E-state index in [9.17, 15) is 0 Å². The topological polar surface area (TPSA) is 28.2 Å². The Hall–Kier alpha value is -0.710. The van der Waals surface area contributed by atoms with Crippen LogP contribution < -0.4 is 5.32 Å². The molecule has 1 aromatic rings. The van der Waals surface area contributed by atoms with Crippen LogP contribution in [0.25, 0.3) is 0 Å². The van der Waals surface area contributed by atoms with Gasteiger partial charge in [-0.25, -0.2) is 4.98 Å². The summed E-state index contributed by atoms with van der Waals surface area (Å²) in [6, 6.07) is 0.514. The van der Waals surface area contributed by atoms with Crippen LogP contribution >= 0.6 is 11.3 Å². The molecule has 1 aliphatic heterocycles. The first-order valence-corrected chi connectivity index (χ1v) is 8.81. The molecule has 0 radical (unpaired) electrons. The fourth-order valence-corrected chi connectivity index (χ4v) is 3.30. The quantitative estimate of drug-likeness (QED) is 0.838. The highest BCUT2D eigenvalue weighted by molar-refractivity contribution is 7.09. The largest absolute Gasteiger partial charge is 0.308 e. The second-order valence-electron chi connectivity index (χ2n) is 7.23. The van der Waals surface area contributed by atoms with Gasteiger partial charge in [-0.2, -0.15) is 0 Å². The minimum Gasteiger partial charge on any atom is -0.308 e. The van der Waals surface area contributed by atoms with Crippen LogP contribution in [-0.2, 0) is 13.1 Å². The Bertz CT molecular complexity index is 482. The number of rotatable bonds is 5. The van der Waals surface area contributed by atoms with E-state index >= 15 is 0 Å². The Morgan fingerprint density at radius 3 is 2.71 bits per heavy atom. The third kappa shape index (κ3) is 5.20. The first-order chi connectivity index (χ1) is 9.84. The molecule has 2 heterocycles. The van der Waals surface area contributed by atoms with Crippen LogP contribution in [0.3, 0.4) is 0 Å². The number of nitrogens with one attached hydrogen (secondary N) is 1. The highest BCUT2D eigenvalue weighted by Gasteiger charge is 2.21. The Morgan fingerprint density at radius 2 is 2.14 bits per heavy atom. The summed E-state index contributed by atoms with van der Waals surface area (Å²) in [6.45, 7) is 15.3. The Balaban J connectivity index is 1.85. The molecule has 4 heteroatoms. The Kier molecular flexibility index (Phi) is 5.58. The first-order valence-electron chi connectivity index (χ1n) is 7.93. The van der Waals surface area contributed by atoms with Crippen molar-refractivity contribution in [2.24, 2.45) is 5.41 Å². The average molecular weight is 308 g/mol. The fourth-order valence-electron chi connectivity index (χ4n) is 2.56. The zero-order valence-electron chi connectivity index (χ0n) is 14.1. The van der Waals surface area contributed by atoms with Gasteiger partial charge in [-0.1, -0.05) is 46.3 Å². The number of nitrogens with zero attached hydrogens (tertiary/aromatic N) is 2. The second kappa shape index (κ2) is 7.03. The molecule has 0 unspecified atom stereocenters. The van der Waals surface area contributed by atoms with E-state index in [0.717, 1.165) is 26.2 Å². The van der Waals surface area contributed by atoms with Crippen molar-refractivity contribution in [3.8, 4) is 0 Å². The average Bonchev–Trinajstić information content (AvgIpc) is 2.83. The van der Waals surface area contributed by atoms with Crippen molar-refractivity contribution in [2.45, 2.75) is 60.2 Å². The summed E-state index contributed by atoms with van der Waals surface area (Å²) in [5.41, 5.74) is 3.13. The first kappa shape index (κ1) is 16.7. The number of hydrogen-bond acceptors (Lipinski definition) is 4. The van der Waals surface area contributed by atoms with Crippen molar-refractivity contribution < 1.29 is 0 Å². The standard InChI is InChI=1S/C17H29N3S/c1-13(2)18-10-16-19-15(12-21-16)11-20-8-6-14(7-9-20)17(3,4)5/h6,12-13,18H,7-11H2,1-5H3. The lowest BCUT2D eigenvalue weighted by Gasteiger charge is -2.31. The molecular weight excluding hydrogens is 278 g/mol. The Morgan fingerprint density at radius 1 is 1.38 bits per heavy atom. The lowest BCUT2D eigenvalue weighted by Crippen LogP contribution is -2.31. The summed E-state index contributed by atoms with van der Waals surface area (Å²) < 4.78 is 0. The minimum absolute atomic E-state index is 0.322. The molecule has 0 aromatic carbocycles. The summed E-state index contributed by atoms with van der Waals surface area (Å²) in [7, 11) is 0. The number of aromatic nitrogens is 1.